The van der Waals surface area contributed by atoms with Gasteiger partial charge in [0.05, 0.1) is 16.7 Å². The third kappa shape index (κ3) is 2.59. The molecule has 1 aliphatic carbocycles. The highest BCUT2D eigenvalue weighted by Gasteiger charge is 2.27. The Labute approximate surface area is 131 Å². The van der Waals surface area contributed by atoms with Crippen LogP contribution < -0.4 is 10.2 Å². The number of nitrogens with zero attached hydrogens (tertiary/aromatic N) is 3. The van der Waals surface area contributed by atoms with Gasteiger partial charge in [-0.2, -0.15) is 0 Å². The van der Waals surface area contributed by atoms with Crippen LogP contribution in [0.3, 0.4) is 0 Å². The van der Waals surface area contributed by atoms with Crippen molar-refractivity contribution in [3.63, 3.8) is 0 Å². The van der Waals surface area contributed by atoms with Crippen LogP contribution in [0, 0.1) is 0 Å². The molecule has 1 unspecified atom stereocenters. The lowest BCUT2D eigenvalue weighted by Gasteiger charge is -2.30. The topological polar surface area (TPSA) is 41.1 Å². The van der Waals surface area contributed by atoms with Crippen molar-refractivity contribution in [1.82, 2.24) is 15.3 Å². The second-order valence-electron chi connectivity index (χ2n) is 6.37. The molecule has 2 aromatic rings. The fourth-order valence-corrected chi connectivity index (χ4v) is 3.32. The predicted octanol–water partition coefficient (Wildman–Crippen LogP) is 2.99. The highest BCUT2D eigenvalue weighted by molar-refractivity contribution is 5.77. The summed E-state index contributed by atoms with van der Waals surface area (Å²) in [5.41, 5.74) is 2.79. The summed E-state index contributed by atoms with van der Waals surface area (Å²) in [6.07, 6.45) is 7.07. The number of hydrogen-bond donors (Lipinski definition) is 1. The summed E-state index contributed by atoms with van der Waals surface area (Å²) >= 11 is 0. The lowest BCUT2D eigenvalue weighted by Crippen LogP contribution is -2.43. The smallest absolute Gasteiger partial charge is 0.129 e. The molecule has 0 bridgehead atoms. The average molecular weight is 294 g/mol. The molecule has 1 N–H and O–H groups in total. The van der Waals surface area contributed by atoms with Gasteiger partial charge in [0.2, 0.25) is 0 Å². The molecule has 4 heteroatoms. The Balaban J connectivity index is 1.50. The summed E-state index contributed by atoms with van der Waals surface area (Å²) in [5.74, 6) is 1.07. The Bertz CT molecular complexity index is 693. The van der Waals surface area contributed by atoms with Gasteiger partial charge in [0.15, 0.2) is 0 Å². The van der Waals surface area contributed by atoms with E-state index in [-0.39, 0.29) is 0 Å². The Morgan fingerprint density at radius 1 is 1.05 bits per heavy atom. The van der Waals surface area contributed by atoms with Crippen LogP contribution in [0.5, 0.6) is 0 Å². The molecule has 2 aliphatic rings. The van der Waals surface area contributed by atoms with E-state index in [0.717, 1.165) is 41.7 Å². The molecule has 22 heavy (non-hydrogen) atoms. The molecule has 1 saturated carbocycles. The molecule has 1 saturated heterocycles. The third-order valence-corrected chi connectivity index (χ3v) is 4.85. The maximum Gasteiger partial charge on any atom is 0.129 e. The van der Waals surface area contributed by atoms with Gasteiger partial charge in [-0.15, -0.1) is 0 Å². The summed E-state index contributed by atoms with van der Waals surface area (Å²) in [7, 11) is 0. The Hall–Kier alpha value is -1.94. The number of pyridine rings is 2. The number of fused-ring (bicyclic) bond motifs is 1. The average Bonchev–Trinajstić information content (AvgIpc) is 2.98. The molecule has 3 heterocycles. The zero-order chi connectivity index (χ0) is 14.9. The second-order valence-corrected chi connectivity index (χ2v) is 6.37. The first-order chi connectivity index (χ1) is 10.8. The van der Waals surface area contributed by atoms with Crippen molar-refractivity contribution in [2.45, 2.75) is 37.8 Å². The number of nitrogens with one attached hydrogen (secondary N) is 1. The van der Waals surface area contributed by atoms with Crippen LogP contribution in [-0.4, -0.2) is 35.1 Å². The largest absolute Gasteiger partial charge is 0.355 e. The molecule has 114 valence electrons. The van der Waals surface area contributed by atoms with Gasteiger partial charge in [0.25, 0.3) is 0 Å². The van der Waals surface area contributed by atoms with Crippen molar-refractivity contribution in [1.29, 1.82) is 0 Å². The van der Waals surface area contributed by atoms with E-state index in [0.29, 0.717) is 6.04 Å². The maximum absolute atomic E-state index is 4.78. The number of aromatic nitrogens is 2. The summed E-state index contributed by atoms with van der Waals surface area (Å²) in [5, 5.41) is 3.77. The molecule has 2 aromatic heterocycles. The predicted molar refractivity (Wildman–Crippen MR) is 91.0 cm³/mol. The quantitative estimate of drug-likeness (QED) is 0.941. The minimum Gasteiger partial charge on any atom is -0.355 e. The maximum atomic E-state index is 4.78. The van der Waals surface area contributed by atoms with Crippen LogP contribution in [0.25, 0.3) is 17.1 Å². The van der Waals surface area contributed by atoms with Crippen molar-refractivity contribution in [2.24, 2.45) is 0 Å². The number of rotatable bonds is 4. The van der Waals surface area contributed by atoms with Gasteiger partial charge >= 0.3 is 0 Å². The minimum atomic E-state index is 0.615. The van der Waals surface area contributed by atoms with Gasteiger partial charge in [-0.1, -0.05) is 13.0 Å². The fourth-order valence-electron chi connectivity index (χ4n) is 3.32. The van der Waals surface area contributed by atoms with Crippen LogP contribution in [-0.2, 0) is 0 Å². The summed E-state index contributed by atoms with van der Waals surface area (Å²) in [4.78, 5) is 11.7. The first-order valence-corrected chi connectivity index (χ1v) is 8.23. The number of anilines is 1. The monoisotopic (exact) mass is 294 g/mol. The molecule has 0 spiro atoms. The van der Waals surface area contributed by atoms with Crippen molar-refractivity contribution >= 4 is 22.9 Å². The second kappa shape index (κ2) is 5.69. The van der Waals surface area contributed by atoms with Gasteiger partial charge in [-0.05, 0) is 49.6 Å². The molecule has 0 amide bonds. The van der Waals surface area contributed by atoms with E-state index in [1.807, 2.05) is 12.1 Å². The third-order valence-electron chi connectivity index (χ3n) is 4.85. The molecule has 0 aromatic carbocycles. The van der Waals surface area contributed by atoms with E-state index in [2.05, 4.69) is 33.9 Å². The molecule has 0 radical (unpaired) electrons. The molecular weight excluding hydrogens is 272 g/mol. The molecule has 2 fully saturated rings. The normalized spacial score (nSPS) is 22.0. The molecular formula is C18H22N4. The Kier molecular flexibility index (Phi) is 3.54. The highest BCUT2D eigenvalue weighted by Crippen LogP contribution is 2.24. The van der Waals surface area contributed by atoms with E-state index < -0.39 is 0 Å². The standard InChI is InChI=1S/C18H22N4/c1-2-13-6-7-17-16(20-13)8-9-18(21-17)22-11-10-15(12-22)19-14-4-3-5-14/h2,6-9,14-15,19H,1,3-5,10-12H2. The van der Waals surface area contributed by atoms with Crippen molar-refractivity contribution in [3.8, 4) is 0 Å². The van der Waals surface area contributed by atoms with Crippen LogP contribution in [0.1, 0.15) is 31.4 Å². The summed E-state index contributed by atoms with van der Waals surface area (Å²) in [6.45, 7) is 5.91. The summed E-state index contributed by atoms with van der Waals surface area (Å²) in [6, 6.07) is 9.53. The Morgan fingerprint density at radius 3 is 2.64 bits per heavy atom. The first kappa shape index (κ1) is 13.7. The van der Waals surface area contributed by atoms with Crippen LogP contribution >= 0.6 is 0 Å². The van der Waals surface area contributed by atoms with E-state index in [1.165, 1.54) is 25.7 Å². The van der Waals surface area contributed by atoms with Gasteiger partial charge in [-0.25, -0.2) is 9.97 Å². The van der Waals surface area contributed by atoms with Crippen LogP contribution in [0.15, 0.2) is 30.8 Å². The zero-order valence-electron chi connectivity index (χ0n) is 12.8. The van der Waals surface area contributed by atoms with Gasteiger partial charge in [-0.3, -0.25) is 0 Å². The lowest BCUT2D eigenvalue weighted by atomic mass is 9.92. The van der Waals surface area contributed by atoms with E-state index in [9.17, 15) is 0 Å². The van der Waals surface area contributed by atoms with Gasteiger partial charge < -0.3 is 10.2 Å². The van der Waals surface area contributed by atoms with E-state index in [4.69, 9.17) is 4.98 Å². The van der Waals surface area contributed by atoms with Crippen molar-refractivity contribution in [3.05, 3.63) is 36.5 Å². The van der Waals surface area contributed by atoms with E-state index >= 15 is 0 Å². The molecule has 1 aliphatic heterocycles. The molecule has 1 atom stereocenters. The van der Waals surface area contributed by atoms with E-state index in [1.54, 1.807) is 6.08 Å². The van der Waals surface area contributed by atoms with Crippen molar-refractivity contribution in [2.75, 3.05) is 18.0 Å². The number of hydrogen-bond acceptors (Lipinski definition) is 4. The fraction of sp³-hybridized carbons (Fsp3) is 0.444. The first-order valence-electron chi connectivity index (χ1n) is 8.23. The summed E-state index contributed by atoms with van der Waals surface area (Å²) < 4.78 is 0. The lowest BCUT2D eigenvalue weighted by molar-refractivity contribution is 0.311. The van der Waals surface area contributed by atoms with Gasteiger partial charge in [0, 0.05) is 25.2 Å². The van der Waals surface area contributed by atoms with Crippen molar-refractivity contribution < 1.29 is 0 Å². The van der Waals surface area contributed by atoms with Gasteiger partial charge in [0.1, 0.15) is 5.82 Å². The SMILES string of the molecule is C=Cc1ccc2nc(N3CCC(NC4CCC4)C3)ccc2n1. The molecule has 4 rings (SSSR count). The van der Waals surface area contributed by atoms with Crippen LogP contribution in [0.2, 0.25) is 0 Å². The van der Waals surface area contributed by atoms with Crippen LogP contribution in [0.4, 0.5) is 5.82 Å². The molecule has 4 nitrogen and oxygen atoms in total. The zero-order valence-corrected chi connectivity index (χ0v) is 12.8. The Morgan fingerprint density at radius 2 is 1.86 bits per heavy atom. The highest BCUT2D eigenvalue weighted by atomic mass is 15.2. The minimum absolute atomic E-state index is 0.615.